The molecule has 0 amide bonds. The number of rotatable bonds is 2. The lowest BCUT2D eigenvalue weighted by Gasteiger charge is -2.06. The van der Waals surface area contributed by atoms with E-state index in [1.54, 1.807) is 0 Å². The molecule has 2 nitrogen and oxygen atoms in total. The van der Waals surface area contributed by atoms with Crippen LogP contribution in [-0.2, 0) is 6.54 Å². The molecule has 0 fully saturated rings. The molecule has 72 valence electrons. The average Bonchev–Trinajstić information content (AvgIpc) is 2.09. The van der Waals surface area contributed by atoms with E-state index in [0.717, 1.165) is 6.07 Å². The fourth-order valence-electron chi connectivity index (χ4n) is 0.973. The van der Waals surface area contributed by atoms with E-state index >= 15 is 0 Å². The summed E-state index contributed by atoms with van der Waals surface area (Å²) >= 11 is 0. The molecule has 13 heavy (non-hydrogen) atoms. The first-order chi connectivity index (χ1) is 6.06. The summed E-state index contributed by atoms with van der Waals surface area (Å²) < 4.78 is 37.1. The second kappa shape index (κ2) is 3.74. The van der Waals surface area contributed by atoms with Crippen LogP contribution in [-0.4, -0.2) is 4.98 Å². The van der Waals surface area contributed by atoms with Crippen molar-refractivity contribution in [2.75, 3.05) is 0 Å². The summed E-state index contributed by atoms with van der Waals surface area (Å²) in [5, 5.41) is 0. The second-order valence-corrected chi connectivity index (χ2v) is 2.63. The molecule has 1 aromatic rings. The summed E-state index contributed by atoms with van der Waals surface area (Å²) in [6, 6.07) is 1.13. The van der Waals surface area contributed by atoms with Gasteiger partial charge in [0.25, 0.3) is 6.43 Å². The molecule has 0 unspecified atom stereocenters. The first kappa shape index (κ1) is 9.98. The maximum Gasteiger partial charge on any atom is 0.280 e. The number of alkyl halides is 2. The third-order valence-electron chi connectivity index (χ3n) is 1.78. The Morgan fingerprint density at radius 1 is 1.54 bits per heavy atom. The van der Waals surface area contributed by atoms with Gasteiger partial charge < -0.3 is 5.73 Å². The zero-order valence-corrected chi connectivity index (χ0v) is 7.02. The van der Waals surface area contributed by atoms with Gasteiger partial charge >= 0.3 is 0 Å². The van der Waals surface area contributed by atoms with Crippen molar-refractivity contribution in [3.63, 3.8) is 0 Å². The normalized spacial score (nSPS) is 10.9. The predicted molar refractivity (Wildman–Crippen MR) is 41.8 cm³/mol. The number of aromatic nitrogens is 1. The van der Waals surface area contributed by atoms with Gasteiger partial charge in [0.05, 0.1) is 0 Å². The van der Waals surface area contributed by atoms with E-state index in [1.807, 2.05) is 0 Å². The maximum absolute atomic E-state index is 12.9. The molecule has 0 spiro atoms. The van der Waals surface area contributed by atoms with Crippen LogP contribution in [0.15, 0.2) is 6.07 Å². The lowest BCUT2D eigenvalue weighted by molar-refractivity contribution is 0.144. The second-order valence-electron chi connectivity index (χ2n) is 2.63. The summed E-state index contributed by atoms with van der Waals surface area (Å²) in [5.74, 6) is -0.877. The average molecular weight is 190 g/mol. The molecule has 0 aliphatic rings. The van der Waals surface area contributed by atoms with E-state index in [4.69, 9.17) is 5.73 Å². The van der Waals surface area contributed by atoms with Gasteiger partial charge in [-0.1, -0.05) is 0 Å². The van der Waals surface area contributed by atoms with Gasteiger partial charge in [-0.05, 0) is 18.6 Å². The smallest absolute Gasteiger partial charge is 0.280 e. The van der Waals surface area contributed by atoms with Crippen LogP contribution in [0.5, 0.6) is 0 Å². The summed E-state index contributed by atoms with van der Waals surface area (Å²) in [6.45, 7) is 1.49. The number of pyridine rings is 1. The minimum atomic E-state index is -2.76. The predicted octanol–water partition coefficient (Wildman–Crippen LogP) is 1.93. The highest BCUT2D eigenvalue weighted by Gasteiger charge is 2.14. The Bertz CT molecular complexity index is 313. The molecule has 0 radical (unpaired) electrons. The molecule has 0 saturated carbocycles. The molecule has 1 heterocycles. The highest BCUT2D eigenvalue weighted by Crippen LogP contribution is 2.20. The number of hydrogen-bond donors (Lipinski definition) is 1. The summed E-state index contributed by atoms with van der Waals surface area (Å²) in [5.41, 5.74) is 5.28. The molecule has 1 rings (SSSR count). The minimum Gasteiger partial charge on any atom is -0.326 e. The Morgan fingerprint density at radius 2 is 2.15 bits per heavy atom. The number of hydrogen-bond acceptors (Lipinski definition) is 2. The maximum atomic E-state index is 12.9. The monoisotopic (exact) mass is 190 g/mol. The lowest BCUT2D eigenvalue weighted by Crippen LogP contribution is -2.05. The van der Waals surface area contributed by atoms with Gasteiger partial charge in [0.2, 0.25) is 5.95 Å². The molecular weight excluding hydrogens is 181 g/mol. The summed E-state index contributed by atoms with van der Waals surface area (Å²) in [4.78, 5) is 3.11. The SMILES string of the molecule is Cc1c(CN)cc(C(F)F)nc1F. The molecule has 0 atom stereocenters. The fourth-order valence-corrected chi connectivity index (χ4v) is 0.973. The molecule has 0 aliphatic carbocycles. The largest absolute Gasteiger partial charge is 0.326 e. The Balaban J connectivity index is 3.22. The van der Waals surface area contributed by atoms with Crippen molar-refractivity contribution in [2.45, 2.75) is 19.9 Å². The molecule has 0 aromatic carbocycles. The van der Waals surface area contributed by atoms with Crippen LogP contribution < -0.4 is 5.73 Å². The van der Waals surface area contributed by atoms with Crippen molar-refractivity contribution >= 4 is 0 Å². The fraction of sp³-hybridized carbons (Fsp3) is 0.375. The zero-order chi connectivity index (χ0) is 10.0. The van der Waals surface area contributed by atoms with Gasteiger partial charge in [-0.3, -0.25) is 0 Å². The van der Waals surface area contributed by atoms with E-state index in [0.29, 0.717) is 5.56 Å². The van der Waals surface area contributed by atoms with Gasteiger partial charge in [0, 0.05) is 12.1 Å². The van der Waals surface area contributed by atoms with Gasteiger partial charge in [0.15, 0.2) is 0 Å². The molecule has 0 saturated heterocycles. The highest BCUT2D eigenvalue weighted by molar-refractivity contribution is 5.26. The highest BCUT2D eigenvalue weighted by atomic mass is 19.3. The molecule has 2 N–H and O–H groups in total. The lowest BCUT2D eigenvalue weighted by atomic mass is 10.1. The molecule has 5 heteroatoms. The van der Waals surface area contributed by atoms with Crippen LogP contribution in [0.1, 0.15) is 23.2 Å². The summed E-state index contributed by atoms with van der Waals surface area (Å²) in [7, 11) is 0. The number of nitrogens with zero attached hydrogens (tertiary/aromatic N) is 1. The molecule has 0 aliphatic heterocycles. The van der Waals surface area contributed by atoms with E-state index < -0.39 is 18.1 Å². The topological polar surface area (TPSA) is 38.9 Å². The van der Waals surface area contributed by atoms with Crippen LogP contribution in [0.4, 0.5) is 13.2 Å². The third-order valence-corrected chi connectivity index (χ3v) is 1.78. The van der Waals surface area contributed by atoms with E-state index in [-0.39, 0.29) is 12.1 Å². The van der Waals surface area contributed by atoms with Crippen LogP contribution in [0.3, 0.4) is 0 Å². The van der Waals surface area contributed by atoms with Crippen molar-refractivity contribution in [1.29, 1.82) is 0 Å². The van der Waals surface area contributed by atoms with E-state index in [9.17, 15) is 13.2 Å². The van der Waals surface area contributed by atoms with Crippen LogP contribution in [0.25, 0.3) is 0 Å². The van der Waals surface area contributed by atoms with Gasteiger partial charge in [0.1, 0.15) is 5.69 Å². The van der Waals surface area contributed by atoms with Crippen LogP contribution >= 0.6 is 0 Å². The van der Waals surface area contributed by atoms with Crippen LogP contribution in [0, 0.1) is 12.9 Å². The van der Waals surface area contributed by atoms with Crippen molar-refractivity contribution in [3.05, 3.63) is 28.8 Å². The molecule has 1 aromatic heterocycles. The Kier molecular flexibility index (Phi) is 2.87. The van der Waals surface area contributed by atoms with E-state index in [2.05, 4.69) is 4.98 Å². The van der Waals surface area contributed by atoms with Crippen molar-refractivity contribution in [2.24, 2.45) is 5.73 Å². The zero-order valence-electron chi connectivity index (χ0n) is 7.02. The van der Waals surface area contributed by atoms with Crippen LogP contribution in [0.2, 0.25) is 0 Å². The Morgan fingerprint density at radius 3 is 2.62 bits per heavy atom. The molecular formula is C8H9F3N2. The Labute approximate surface area is 73.6 Å². The number of halogens is 3. The summed E-state index contributed by atoms with van der Waals surface area (Å²) in [6.07, 6.45) is -2.76. The first-order valence-corrected chi connectivity index (χ1v) is 3.70. The van der Waals surface area contributed by atoms with Crippen molar-refractivity contribution in [1.82, 2.24) is 4.98 Å². The minimum absolute atomic E-state index is 0.0327. The third kappa shape index (κ3) is 1.98. The number of nitrogens with two attached hydrogens (primary N) is 1. The molecule has 0 bridgehead atoms. The Hall–Kier alpha value is -1.10. The quantitative estimate of drug-likeness (QED) is 0.723. The van der Waals surface area contributed by atoms with Crippen molar-refractivity contribution in [3.8, 4) is 0 Å². The van der Waals surface area contributed by atoms with Gasteiger partial charge in [-0.15, -0.1) is 0 Å². The van der Waals surface area contributed by atoms with Crippen molar-refractivity contribution < 1.29 is 13.2 Å². The first-order valence-electron chi connectivity index (χ1n) is 3.70. The van der Waals surface area contributed by atoms with E-state index in [1.165, 1.54) is 6.92 Å². The van der Waals surface area contributed by atoms with Gasteiger partial charge in [-0.25, -0.2) is 13.8 Å². The standard InChI is InChI=1S/C8H9F3N2/c1-4-5(3-12)2-6(7(9)10)13-8(4)11/h2,7H,3,12H2,1H3. The van der Waals surface area contributed by atoms with Gasteiger partial charge in [-0.2, -0.15) is 4.39 Å².